The average Bonchev–Trinajstić information content (AvgIpc) is 3.27. The van der Waals surface area contributed by atoms with Crippen LogP contribution in [0.1, 0.15) is 272 Å². The first-order valence-corrected chi connectivity index (χ1v) is 28.3. The molecule has 64 heavy (non-hydrogen) atoms. The molecule has 2 atom stereocenters. The van der Waals surface area contributed by atoms with Crippen molar-refractivity contribution in [2.75, 3.05) is 33.2 Å². The molecular weight excluding hydrogens is 791 g/mol. The molecule has 7 nitrogen and oxygen atoms in total. The number of likely N-dealkylation sites (N-methyl/N-ethyl adjacent to an activating group) is 1. The molecule has 374 valence electrons. The lowest BCUT2D eigenvalue weighted by Crippen LogP contribution is -2.43. The molecule has 0 spiro atoms. The van der Waals surface area contributed by atoms with Crippen molar-refractivity contribution < 1.29 is 19.1 Å². The number of rotatable bonds is 47. The lowest BCUT2D eigenvalue weighted by atomic mass is 9.65. The van der Waals surface area contributed by atoms with E-state index in [1.54, 1.807) is 0 Å². The second-order valence-corrected chi connectivity index (χ2v) is 20.2. The maximum atomic E-state index is 13.0. The molecule has 1 fully saturated rings. The van der Waals surface area contributed by atoms with Gasteiger partial charge in [-0.1, -0.05) is 176 Å². The Hall–Kier alpha value is -2.02. The number of carbonyl (C=O) groups excluding carboxylic acids is 2. The van der Waals surface area contributed by atoms with Crippen LogP contribution in [-0.4, -0.2) is 62.3 Å². The van der Waals surface area contributed by atoms with Crippen LogP contribution in [0.5, 0.6) is 0 Å². The average molecular weight is 898 g/mol. The number of hydrogen-bond donors (Lipinski definition) is 2. The van der Waals surface area contributed by atoms with Crippen LogP contribution in [0.4, 0.5) is 0 Å². The summed E-state index contributed by atoms with van der Waals surface area (Å²) < 4.78 is 12.0. The molecule has 0 heterocycles. The van der Waals surface area contributed by atoms with Gasteiger partial charge in [0.1, 0.15) is 12.2 Å². The van der Waals surface area contributed by atoms with Crippen molar-refractivity contribution in [3.05, 3.63) is 23.5 Å². The van der Waals surface area contributed by atoms with Gasteiger partial charge in [-0.2, -0.15) is 0 Å². The van der Waals surface area contributed by atoms with Crippen LogP contribution in [0.3, 0.4) is 0 Å². The summed E-state index contributed by atoms with van der Waals surface area (Å²) in [4.78, 5) is 28.2. The third kappa shape index (κ3) is 27.6. The summed E-state index contributed by atoms with van der Waals surface area (Å²) in [5.74, 6) is 1.36. The Morgan fingerprint density at radius 2 is 0.969 bits per heavy atom. The Balaban J connectivity index is 1.71. The molecule has 2 N–H and O–H groups in total. The van der Waals surface area contributed by atoms with Crippen LogP contribution < -0.4 is 10.6 Å². The fourth-order valence-electron chi connectivity index (χ4n) is 10.1. The van der Waals surface area contributed by atoms with Crippen LogP contribution in [0.25, 0.3) is 0 Å². The van der Waals surface area contributed by atoms with Crippen molar-refractivity contribution in [2.24, 2.45) is 11.8 Å². The molecule has 2 aliphatic rings. The number of ether oxygens (including phenoxy) is 2. The minimum Gasteiger partial charge on any atom is -0.462 e. The highest BCUT2D eigenvalue weighted by molar-refractivity contribution is 5.69. The zero-order chi connectivity index (χ0) is 46.3. The van der Waals surface area contributed by atoms with Gasteiger partial charge in [0.05, 0.1) is 5.70 Å². The van der Waals surface area contributed by atoms with Crippen LogP contribution in [0.2, 0.25) is 0 Å². The highest BCUT2D eigenvalue weighted by Gasteiger charge is 2.41. The molecule has 2 aliphatic carbocycles. The number of hydrogen-bond acceptors (Lipinski definition) is 7. The van der Waals surface area contributed by atoms with Crippen molar-refractivity contribution in [1.29, 1.82) is 0 Å². The van der Waals surface area contributed by atoms with Gasteiger partial charge in [-0.05, 0) is 121 Å². The van der Waals surface area contributed by atoms with E-state index in [0.29, 0.717) is 18.8 Å². The number of allylic oxidation sites excluding steroid dienone is 2. The molecule has 0 aromatic carbocycles. The van der Waals surface area contributed by atoms with E-state index in [-0.39, 0.29) is 24.1 Å². The lowest BCUT2D eigenvalue weighted by Gasteiger charge is -2.44. The van der Waals surface area contributed by atoms with Gasteiger partial charge in [-0.3, -0.25) is 9.59 Å². The minimum absolute atomic E-state index is 0.00613. The molecule has 2 unspecified atom stereocenters. The smallest absolute Gasteiger partial charge is 0.306 e. The minimum atomic E-state index is 0.00613. The Bertz CT molecular complexity index is 1170. The molecule has 0 aromatic heterocycles. The van der Waals surface area contributed by atoms with E-state index >= 15 is 0 Å². The van der Waals surface area contributed by atoms with Crippen molar-refractivity contribution in [3.8, 4) is 0 Å². The van der Waals surface area contributed by atoms with Crippen molar-refractivity contribution in [1.82, 2.24) is 15.5 Å². The number of unbranched alkanes of at least 4 members (excludes halogenated alkanes) is 23. The van der Waals surface area contributed by atoms with Gasteiger partial charge in [0.15, 0.2) is 0 Å². The van der Waals surface area contributed by atoms with Crippen LogP contribution in [0.15, 0.2) is 23.5 Å². The third-order valence-corrected chi connectivity index (χ3v) is 14.5. The van der Waals surface area contributed by atoms with E-state index in [0.717, 1.165) is 89.9 Å². The van der Waals surface area contributed by atoms with E-state index in [1.807, 2.05) is 7.05 Å². The van der Waals surface area contributed by atoms with Gasteiger partial charge in [-0.15, -0.1) is 0 Å². The van der Waals surface area contributed by atoms with Crippen molar-refractivity contribution >= 4 is 11.9 Å². The summed E-state index contributed by atoms with van der Waals surface area (Å²) in [5.41, 5.74) is 3.95. The Kier molecular flexibility index (Phi) is 36.4. The number of carbonyl (C=O) groups is 2. The largest absolute Gasteiger partial charge is 0.462 e. The van der Waals surface area contributed by atoms with Crippen LogP contribution >= 0.6 is 0 Å². The van der Waals surface area contributed by atoms with E-state index in [9.17, 15) is 9.59 Å². The predicted octanol–water partition coefficient (Wildman–Crippen LogP) is 15.9. The second-order valence-electron chi connectivity index (χ2n) is 20.2. The molecule has 0 aromatic rings. The summed E-state index contributed by atoms with van der Waals surface area (Å²) >= 11 is 0. The van der Waals surface area contributed by atoms with Gasteiger partial charge in [0, 0.05) is 38.0 Å². The summed E-state index contributed by atoms with van der Waals surface area (Å²) in [6.07, 6.45) is 45.1. The first-order valence-electron chi connectivity index (χ1n) is 28.3. The molecule has 0 radical (unpaired) electrons. The normalized spacial score (nSPS) is 15.7. The van der Waals surface area contributed by atoms with Gasteiger partial charge >= 0.3 is 11.9 Å². The molecule has 0 saturated heterocycles. The first kappa shape index (κ1) is 58.1. The topological polar surface area (TPSA) is 79.9 Å². The fourth-order valence-corrected chi connectivity index (χ4v) is 10.1. The summed E-state index contributed by atoms with van der Waals surface area (Å²) in [5, 5.41) is 7.25. The van der Waals surface area contributed by atoms with Gasteiger partial charge in [-0.25, -0.2) is 0 Å². The van der Waals surface area contributed by atoms with E-state index < -0.39 is 0 Å². The Morgan fingerprint density at radius 1 is 0.562 bits per heavy atom. The van der Waals surface area contributed by atoms with Gasteiger partial charge < -0.3 is 25.0 Å². The number of nitrogens with zero attached hydrogens (tertiary/aromatic N) is 1. The maximum absolute atomic E-state index is 13.0. The summed E-state index contributed by atoms with van der Waals surface area (Å²) in [6, 6.07) is 0. The highest BCUT2D eigenvalue weighted by Crippen LogP contribution is 2.48. The first-order chi connectivity index (χ1) is 31.4. The molecule has 0 bridgehead atoms. The van der Waals surface area contributed by atoms with Crippen LogP contribution in [0, 0.1) is 11.8 Å². The van der Waals surface area contributed by atoms with Crippen LogP contribution in [-0.2, 0) is 19.1 Å². The monoisotopic (exact) mass is 898 g/mol. The van der Waals surface area contributed by atoms with Gasteiger partial charge in [0.2, 0.25) is 0 Å². The SMILES string of the molecule is C=C1C(NC)=C(NCCCN(CCCCCCCC(=O)OC(CC)CCCCCCCC)CCCCCCCC(=O)OC(CCCCCCCC)CCCCCCCC)C1C1CCC1. The molecular formula is C57H107N3O4. The third-order valence-electron chi connectivity index (χ3n) is 14.5. The molecule has 0 amide bonds. The second kappa shape index (κ2) is 40.1. The lowest BCUT2D eigenvalue weighted by molar-refractivity contribution is -0.150. The predicted molar refractivity (Wildman–Crippen MR) is 275 cm³/mol. The number of nitrogens with one attached hydrogen (secondary N) is 2. The standard InChI is InChI=1S/C57H107N3O4/c1-7-11-14-17-22-29-40-51(10-4)63-53(61)43-32-25-20-27-34-46-60(48-37-45-59-57-55(50-38-36-39-50)49(5)56(57)58-6)47-35-28-21-26-33-44-54(62)64-52(41-30-23-18-15-12-8-2)42-31-24-19-16-13-9-3/h50-52,55,58-59H,5,7-48H2,1-4,6H3. The van der Waals surface area contributed by atoms with Crippen molar-refractivity contribution in [3.63, 3.8) is 0 Å². The molecule has 1 saturated carbocycles. The Morgan fingerprint density at radius 3 is 1.41 bits per heavy atom. The quantitative estimate of drug-likeness (QED) is 0.0465. The number of esters is 2. The maximum Gasteiger partial charge on any atom is 0.306 e. The van der Waals surface area contributed by atoms with E-state index in [4.69, 9.17) is 9.47 Å². The van der Waals surface area contributed by atoms with E-state index in [2.05, 4.69) is 49.8 Å². The highest BCUT2D eigenvalue weighted by atomic mass is 16.5. The molecule has 2 rings (SSSR count). The zero-order valence-electron chi connectivity index (χ0n) is 43.3. The van der Waals surface area contributed by atoms with Gasteiger partial charge in [0.25, 0.3) is 0 Å². The molecule has 7 heteroatoms. The molecule has 0 aliphatic heterocycles. The summed E-state index contributed by atoms with van der Waals surface area (Å²) in [7, 11) is 2.03. The zero-order valence-corrected chi connectivity index (χ0v) is 43.3. The summed E-state index contributed by atoms with van der Waals surface area (Å²) in [6.45, 7) is 17.8. The Labute approximate surface area is 397 Å². The van der Waals surface area contributed by atoms with Crippen molar-refractivity contribution in [2.45, 2.75) is 284 Å². The van der Waals surface area contributed by atoms with E-state index in [1.165, 1.54) is 190 Å². The fraction of sp³-hybridized carbons (Fsp3) is 0.895.